The molecular formula is C63H110N2O6. The van der Waals surface area contributed by atoms with Crippen LogP contribution in [-0.2, 0) is 42.4 Å². The van der Waals surface area contributed by atoms with Gasteiger partial charge in [-0.25, -0.2) is 4.79 Å². The molecule has 0 radical (unpaired) electrons. The van der Waals surface area contributed by atoms with Gasteiger partial charge in [0.2, 0.25) is 0 Å². The Kier molecular flexibility index (Phi) is 37.3. The highest BCUT2D eigenvalue weighted by molar-refractivity contribution is 5.88. The van der Waals surface area contributed by atoms with E-state index in [1.165, 1.54) is 209 Å². The van der Waals surface area contributed by atoms with Gasteiger partial charge < -0.3 is 5.11 Å². The van der Waals surface area contributed by atoms with Gasteiger partial charge in [-0.1, -0.05) is 259 Å². The van der Waals surface area contributed by atoms with Crippen molar-refractivity contribution in [3.63, 3.8) is 0 Å². The molecule has 0 fully saturated rings. The minimum atomic E-state index is -2.05. The Bertz CT molecular complexity index is 1580. The fourth-order valence-electron chi connectivity index (χ4n) is 11.7. The van der Waals surface area contributed by atoms with Gasteiger partial charge in [-0.15, -0.1) is 0 Å². The number of unbranched alkanes of at least 4 members (excludes halogenated alkanes) is 35. The minimum absolute atomic E-state index is 0.246. The van der Waals surface area contributed by atoms with Crippen LogP contribution in [0.25, 0.3) is 0 Å². The lowest BCUT2D eigenvalue weighted by Gasteiger charge is -2.34. The summed E-state index contributed by atoms with van der Waals surface area (Å²) in [7, 11) is 0. The summed E-state index contributed by atoms with van der Waals surface area (Å²) in [4.78, 5) is 39.2. The SMILES string of the molecule is CCCCCCCCCCc1c(CCCCCCCCCC)c(CCCCCCCCCC)c(C2([N+](=O)[O-])C=C([N+](=O)[O-])C=C(C(=O)O)C2)c(CCCCCCCCCC)c1CCCCCCCCCC. The summed E-state index contributed by atoms with van der Waals surface area (Å²) in [6.45, 7) is 11.3. The molecule has 1 aliphatic rings. The molecule has 71 heavy (non-hydrogen) atoms. The van der Waals surface area contributed by atoms with Gasteiger partial charge in [-0.05, 0) is 92.0 Å². The summed E-state index contributed by atoms with van der Waals surface area (Å²) >= 11 is 0. The highest BCUT2D eigenvalue weighted by Crippen LogP contribution is 2.47. The van der Waals surface area contributed by atoms with E-state index in [1.807, 2.05) is 0 Å². The second kappa shape index (κ2) is 41.3. The van der Waals surface area contributed by atoms with Crippen LogP contribution in [0, 0.1) is 20.2 Å². The van der Waals surface area contributed by atoms with E-state index in [0.29, 0.717) is 18.4 Å². The normalized spacial score (nSPS) is 14.8. The molecule has 0 saturated heterocycles. The molecule has 1 aromatic carbocycles. The fourth-order valence-corrected chi connectivity index (χ4v) is 11.7. The third-order valence-corrected chi connectivity index (χ3v) is 15.9. The first-order chi connectivity index (χ1) is 34.6. The first-order valence-corrected chi connectivity index (χ1v) is 30.8. The van der Waals surface area contributed by atoms with E-state index in [2.05, 4.69) is 34.6 Å². The Labute approximate surface area is 436 Å². The average Bonchev–Trinajstić information content (AvgIpc) is 3.36. The van der Waals surface area contributed by atoms with Crippen molar-refractivity contribution in [1.82, 2.24) is 0 Å². The van der Waals surface area contributed by atoms with Gasteiger partial charge in [-0.2, -0.15) is 0 Å². The third kappa shape index (κ3) is 25.7. The maximum Gasteiger partial charge on any atom is 0.332 e. The van der Waals surface area contributed by atoms with Crippen LogP contribution in [0.1, 0.15) is 331 Å². The first-order valence-electron chi connectivity index (χ1n) is 30.8. The summed E-state index contributed by atoms with van der Waals surface area (Å²) in [6.07, 6.45) is 53.5. The molecule has 408 valence electrons. The van der Waals surface area contributed by atoms with E-state index >= 15 is 0 Å². The van der Waals surface area contributed by atoms with E-state index in [1.54, 1.807) is 0 Å². The van der Waals surface area contributed by atoms with E-state index in [0.717, 1.165) is 107 Å². The van der Waals surface area contributed by atoms with Gasteiger partial charge in [0.05, 0.1) is 23.0 Å². The maximum absolute atomic E-state index is 14.3. The van der Waals surface area contributed by atoms with Gasteiger partial charge in [0.1, 0.15) is 0 Å². The zero-order valence-electron chi connectivity index (χ0n) is 47.1. The van der Waals surface area contributed by atoms with Crippen LogP contribution in [0.15, 0.2) is 23.4 Å². The second-order valence-corrected chi connectivity index (χ2v) is 22.1. The molecule has 8 heteroatoms. The lowest BCUT2D eigenvalue weighted by Crippen LogP contribution is -2.40. The number of hydrogen-bond acceptors (Lipinski definition) is 5. The number of carbonyl (C=O) groups is 1. The lowest BCUT2D eigenvalue weighted by atomic mass is 9.69. The van der Waals surface area contributed by atoms with Gasteiger partial charge in [0.15, 0.2) is 0 Å². The van der Waals surface area contributed by atoms with E-state index < -0.39 is 22.1 Å². The van der Waals surface area contributed by atoms with Gasteiger partial charge in [-0.3, -0.25) is 20.2 Å². The predicted molar refractivity (Wildman–Crippen MR) is 302 cm³/mol. The van der Waals surface area contributed by atoms with Gasteiger partial charge >= 0.3 is 5.97 Å². The van der Waals surface area contributed by atoms with Crippen LogP contribution >= 0.6 is 0 Å². The number of carboxylic acids is 1. The number of nitro groups is 2. The van der Waals surface area contributed by atoms with Crippen LogP contribution in [-0.4, -0.2) is 20.9 Å². The number of rotatable bonds is 49. The van der Waals surface area contributed by atoms with Crippen molar-refractivity contribution in [2.45, 2.75) is 336 Å². The van der Waals surface area contributed by atoms with Crippen LogP contribution in [0.5, 0.6) is 0 Å². The van der Waals surface area contributed by atoms with E-state index in [-0.39, 0.29) is 16.9 Å². The topological polar surface area (TPSA) is 124 Å². The highest BCUT2D eigenvalue weighted by atomic mass is 16.6. The molecule has 0 aromatic heterocycles. The summed E-state index contributed by atoms with van der Waals surface area (Å²) in [5, 5.41) is 37.7. The van der Waals surface area contributed by atoms with Crippen molar-refractivity contribution in [1.29, 1.82) is 0 Å². The fraction of sp³-hybridized carbons (Fsp3) is 0.825. The number of benzene rings is 1. The maximum atomic E-state index is 14.3. The summed E-state index contributed by atoms with van der Waals surface area (Å²) in [6, 6.07) is 0. The second-order valence-electron chi connectivity index (χ2n) is 22.1. The van der Waals surface area contributed by atoms with Crippen molar-refractivity contribution in [3.05, 3.63) is 77.0 Å². The predicted octanol–water partition coefficient (Wildman–Crippen LogP) is 20.1. The summed E-state index contributed by atoms with van der Waals surface area (Å²) in [5.74, 6) is -1.32. The molecule has 0 saturated carbocycles. The third-order valence-electron chi connectivity index (χ3n) is 15.9. The van der Waals surface area contributed by atoms with E-state index in [9.17, 15) is 30.1 Å². The van der Waals surface area contributed by atoms with E-state index in [4.69, 9.17) is 0 Å². The molecule has 0 heterocycles. The number of carboxylic acid groups (broad SMARTS) is 1. The molecule has 1 atom stereocenters. The number of nitrogens with zero attached hydrogens (tertiary/aromatic N) is 2. The first kappa shape index (κ1) is 64.1. The quantitative estimate of drug-likeness (QED) is 0.0394. The van der Waals surface area contributed by atoms with Crippen molar-refractivity contribution >= 4 is 5.97 Å². The zero-order valence-corrected chi connectivity index (χ0v) is 47.1. The molecular weight excluding hydrogens is 881 g/mol. The van der Waals surface area contributed by atoms with Crippen molar-refractivity contribution in [2.75, 3.05) is 0 Å². The smallest absolute Gasteiger partial charge is 0.332 e. The summed E-state index contributed by atoms with van der Waals surface area (Å²) in [5.41, 5.74) is 3.98. The zero-order chi connectivity index (χ0) is 51.8. The van der Waals surface area contributed by atoms with Crippen molar-refractivity contribution in [2.24, 2.45) is 0 Å². The Hall–Kier alpha value is -3.03. The minimum Gasteiger partial charge on any atom is -0.478 e. The van der Waals surface area contributed by atoms with Crippen LogP contribution in [0.3, 0.4) is 0 Å². The molecule has 0 bridgehead atoms. The molecule has 1 unspecified atom stereocenters. The van der Waals surface area contributed by atoms with Crippen LogP contribution < -0.4 is 0 Å². The molecule has 2 rings (SSSR count). The highest BCUT2D eigenvalue weighted by Gasteiger charge is 2.52. The average molecular weight is 992 g/mol. The molecule has 0 spiro atoms. The molecule has 8 nitrogen and oxygen atoms in total. The largest absolute Gasteiger partial charge is 0.478 e. The number of hydrogen-bond donors (Lipinski definition) is 1. The monoisotopic (exact) mass is 991 g/mol. The number of aliphatic carboxylic acids is 1. The molecule has 1 aliphatic carbocycles. The molecule has 0 amide bonds. The Morgan fingerprint density at radius 2 is 0.662 bits per heavy atom. The standard InChI is InChI=1S/C63H110N2O6/c1-6-11-16-21-26-31-36-41-46-56-57(47-42-37-32-27-22-17-12-7-2)59(49-44-39-34-29-24-19-14-9-4)61(63(65(70)71)52-54(62(66)67)51-55(53-63)64(68)69)60(50-45-40-35-30-25-20-15-10-5)58(56)48-43-38-33-28-23-18-13-8-3/h51,53H,6-50,52H2,1-5H3,(H,66,67). The van der Waals surface area contributed by atoms with Crippen molar-refractivity contribution in [3.8, 4) is 0 Å². The molecule has 1 aromatic rings. The molecule has 1 N–H and O–H groups in total. The van der Waals surface area contributed by atoms with Crippen molar-refractivity contribution < 1.29 is 19.7 Å². The van der Waals surface area contributed by atoms with Gasteiger partial charge in [0.25, 0.3) is 11.2 Å². The van der Waals surface area contributed by atoms with Gasteiger partial charge in [0, 0.05) is 16.6 Å². The van der Waals surface area contributed by atoms with Crippen LogP contribution in [0.2, 0.25) is 0 Å². The Balaban J connectivity index is 3.00. The number of allylic oxidation sites excluding steroid dienone is 1. The Morgan fingerprint density at radius 1 is 0.423 bits per heavy atom. The Morgan fingerprint density at radius 3 is 0.901 bits per heavy atom. The lowest BCUT2D eigenvalue weighted by molar-refractivity contribution is -0.566. The summed E-state index contributed by atoms with van der Waals surface area (Å²) < 4.78 is 0. The van der Waals surface area contributed by atoms with Crippen LogP contribution in [0.4, 0.5) is 0 Å². The molecule has 0 aliphatic heterocycles.